The summed E-state index contributed by atoms with van der Waals surface area (Å²) in [5, 5.41) is 2.48. The highest BCUT2D eigenvalue weighted by atomic mass is 19.4. The molecule has 0 atom stereocenters. The first-order valence-corrected chi connectivity index (χ1v) is 8.22. The van der Waals surface area contributed by atoms with E-state index >= 15 is 0 Å². The quantitative estimate of drug-likeness (QED) is 0.675. The van der Waals surface area contributed by atoms with Gasteiger partial charge in [0.25, 0.3) is 0 Å². The topological polar surface area (TPSA) is 47.6 Å². The average Bonchev–Trinajstić information content (AvgIpc) is 2.60. The molecule has 26 heavy (non-hydrogen) atoms. The van der Waals surface area contributed by atoms with Crippen LogP contribution in [0, 0.1) is 0 Å². The van der Waals surface area contributed by atoms with Gasteiger partial charge in [-0.2, -0.15) is 13.2 Å². The predicted octanol–water partition coefficient (Wildman–Crippen LogP) is 4.90. The van der Waals surface area contributed by atoms with Crippen LogP contribution in [-0.2, 0) is 11.0 Å². The first-order valence-electron chi connectivity index (χ1n) is 8.22. The van der Waals surface area contributed by atoms with Crippen molar-refractivity contribution in [3.05, 3.63) is 54.1 Å². The van der Waals surface area contributed by atoms with E-state index in [1.54, 1.807) is 12.1 Å². The van der Waals surface area contributed by atoms with Gasteiger partial charge in [-0.1, -0.05) is 25.1 Å². The van der Waals surface area contributed by atoms with Gasteiger partial charge < -0.3 is 14.8 Å². The van der Waals surface area contributed by atoms with Crippen molar-refractivity contribution in [3.8, 4) is 11.5 Å². The summed E-state index contributed by atoms with van der Waals surface area (Å²) in [7, 11) is 0. The van der Waals surface area contributed by atoms with Gasteiger partial charge in [0.05, 0.1) is 11.3 Å². The summed E-state index contributed by atoms with van der Waals surface area (Å²) >= 11 is 0. The third-order valence-electron chi connectivity index (χ3n) is 3.41. The minimum absolute atomic E-state index is 0.00186. The molecule has 4 nitrogen and oxygen atoms in total. The number of benzene rings is 2. The Labute approximate surface area is 149 Å². The van der Waals surface area contributed by atoms with E-state index in [1.807, 2.05) is 25.1 Å². The van der Waals surface area contributed by atoms with E-state index < -0.39 is 11.7 Å². The highest BCUT2D eigenvalue weighted by Crippen LogP contribution is 2.35. The standard InChI is InChI=1S/C19H20F3NO3/c1-2-6-18(24)23-16-13-14(19(20,21)22)9-10-17(16)26-12-11-25-15-7-4-3-5-8-15/h3-5,7-10,13H,2,6,11-12H2,1H3,(H,23,24). The van der Waals surface area contributed by atoms with Gasteiger partial charge >= 0.3 is 6.18 Å². The number of ether oxygens (including phenoxy) is 2. The summed E-state index contributed by atoms with van der Waals surface area (Å²) in [6.45, 7) is 2.15. The van der Waals surface area contributed by atoms with Crippen molar-refractivity contribution in [1.29, 1.82) is 0 Å². The fraction of sp³-hybridized carbons (Fsp3) is 0.316. The maximum atomic E-state index is 12.9. The molecule has 0 aromatic heterocycles. The number of carbonyl (C=O) groups is 1. The number of hydrogen-bond donors (Lipinski definition) is 1. The number of rotatable bonds is 8. The molecule has 0 saturated carbocycles. The Hall–Kier alpha value is -2.70. The van der Waals surface area contributed by atoms with E-state index in [0.717, 1.165) is 12.1 Å². The van der Waals surface area contributed by atoms with Gasteiger partial charge in [-0.05, 0) is 36.8 Å². The van der Waals surface area contributed by atoms with Crippen molar-refractivity contribution in [2.75, 3.05) is 18.5 Å². The van der Waals surface area contributed by atoms with Crippen LogP contribution in [0.5, 0.6) is 11.5 Å². The Morgan fingerprint density at radius 1 is 1.04 bits per heavy atom. The molecule has 1 N–H and O–H groups in total. The van der Waals surface area contributed by atoms with Crippen molar-refractivity contribution in [1.82, 2.24) is 0 Å². The van der Waals surface area contributed by atoms with Crippen LogP contribution in [0.1, 0.15) is 25.3 Å². The molecule has 0 heterocycles. The molecule has 0 radical (unpaired) electrons. The summed E-state index contributed by atoms with van der Waals surface area (Å²) in [6, 6.07) is 12.1. The fourth-order valence-corrected chi connectivity index (χ4v) is 2.20. The second kappa shape index (κ2) is 9.12. The zero-order chi connectivity index (χ0) is 19.0. The molecular weight excluding hydrogens is 347 g/mol. The maximum Gasteiger partial charge on any atom is 0.416 e. The molecule has 0 aliphatic rings. The third-order valence-corrected chi connectivity index (χ3v) is 3.41. The van der Waals surface area contributed by atoms with Crippen LogP contribution in [0.2, 0.25) is 0 Å². The zero-order valence-corrected chi connectivity index (χ0v) is 14.3. The molecule has 0 saturated heterocycles. The Morgan fingerprint density at radius 3 is 2.38 bits per heavy atom. The summed E-state index contributed by atoms with van der Waals surface area (Å²) in [4.78, 5) is 11.8. The van der Waals surface area contributed by atoms with E-state index in [2.05, 4.69) is 5.32 Å². The summed E-state index contributed by atoms with van der Waals surface area (Å²) in [6.07, 6.45) is -3.70. The van der Waals surface area contributed by atoms with E-state index in [0.29, 0.717) is 12.2 Å². The van der Waals surface area contributed by atoms with E-state index in [1.165, 1.54) is 6.07 Å². The Bertz CT molecular complexity index is 718. The van der Waals surface area contributed by atoms with Crippen LogP contribution in [0.3, 0.4) is 0 Å². The summed E-state index contributed by atoms with van der Waals surface area (Å²) in [5.74, 6) is 0.469. The average molecular weight is 367 g/mol. The molecule has 0 spiro atoms. The minimum atomic E-state index is -4.50. The second-order valence-corrected chi connectivity index (χ2v) is 5.52. The smallest absolute Gasteiger partial charge is 0.416 e. The molecule has 0 unspecified atom stereocenters. The maximum absolute atomic E-state index is 12.9. The molecule has 0 fully saturated rings. The van der Waals surface area contributed by atoms with Crippen molar-refractivity contribution in [3.63, 3.8) is 0 Å². The summed E-state index contributed by atoms with van der Waals surface area (Å²) in [5.41, 5.74) is -0.852. The van der Waals surface area contributed by atoms with Gasteiger partial charge in [0.1, 0.15) is 24.7 Å². The van der Waals surface area contributed by atoms with Crippen molar-refractivity contribution in [2.24, 2.45) is 0 Å². The van der Waals surface area contributed by atoms with Gasteiger partial charge in [0.2, 0.25) is 5.91 Å². The van der Waals surface area contributed by atoms with Crippen LogP contribution in [0.4, 0.5) is 18.9 Å². The highest BCUT2D eigenvalue weighted by molar-refractivity contribution is 5.92. The minimum Gasteiger partial charge on any atom is -0.490 e. The number of para-hydroxylation sites is 1. The SMILES string of the molecule is CCCC(=O)Nc1cc(C(F)(F)F)ccc1OCCOc1ccccc1. The number of carbonyl (C=O) groups excluding carboxylic acids is 1. The van der Waals surface area contributed by atoms with E-state index in [4.69, 9.17) is 9.47 Å². The normalized spacial score (nSPS) is 11.1. The van der Waals surface area contributed by atoms with E-state index in [9.17, 15) is 18.0 Å². The first-order chi connectivity index (χ1) is 12.4. The first kappa shape index (κ1) is 19.6. The molecule has 2 aromatic rings. The fourth-order valence-electron chi connectivity index (χ4n) is 2.20. The van der Waals surface area contributed by atoms with Gasteiger partial charge in [0.15, 0.2) is 0 Å². The molecule has 2 aromatic carbocycles. The van der Waals surface area contributed by atoms with Crippen LogP contribution in [-0.4, -0.2) is 19.1 Å². The second-order valence-electron chi connectivity index (χ2n) is 5.52. The molecule has 0 aliphatic carbocycles. The number of hydrogen-bond acceptors (Lipinski definition) is 3. The number of alkyl halides is 3. The van der Waals surface area contributed by atoms with Gasteiger partial charge in [-0.25, -0.2) is 0 Å². The van der Waals surface area contributed by atoms with Gasteiger partial charge in [-0.15, -0.1) is 0 Å². The Balaban J connectivity index is 2.04. The lowest BCUT2D eigenvalue weighted by molar-refractivity contribution is -0.137. The predicted molar refractivity (Wildman–Crippen MR) is 92.4 cm³/mol. The monoisotopic (exact) mass is 367 g/mol. The van der Waals surface area contributed by atoms with Crippen molar-refractivity contribution < 1.29 is 27.4 Å². The molecular formula is C19H20F3NO3. The van der Waals surface area contributed by atoms with Crippen LogP contribution in [0.15, 0.2) is 48.5 Å². The molecule has 140 valence electrons. The lowest BCUT2D eigenvalue weighted by Crippen LogP contribution is -2.15. The summed E-state index contributed by atoms with van der Waals surface area (Å²) < 4.78 is 49.7. The molecule has 0 aliphatic heterocycles. The Morgan fingerprint density at radius 2 is 1.73 bits per heavy atom. The third kappa shape index (κ3) is 5.98. The lowest BCUT2D eigenvalue weighted by atomic mass is 10.1. The van der Waals surface area contributed by atoms with Crippen LogP contribution in [0.25, 0.3) is 0 Å². The molecule has 2 rings (SSSR count). The number of halogens is 3. The van der Waals surface area contributed by atoms with E-state index in [-0.39, 0.29) is 37.0 Å². The Kier molecular flexibility index (Phi) is 6.89. The molecule has 0 bridgehead atoms. The largest absolute Gasteiger partial charge is 0.490 e. The number of amides is 1. The highest BCUT2D eigenvalue weighted by Gasteiger charge is 2.31. The van der Waals surface area contributed by atoms with Gasteiger partial charge in [0, 0.05) is 6.42 Å². The molecule has 7 heteroatoms. The van der Waals surface area contributed by atoms with Gasteiger partial charge in [-0.3, -0.25) is 4.79 Å². The zero-order valence-electron chi connectivity index (χ0n) is 14.3. The number of nitrogens with one attached hydrogen (secondary N) is 1. The lowest BCUT2D eigenvalue weighted by Gasteiger charge is -2.15. The molecule has 1 amide bonds. The number of anilines is 1. The van der Waals surface area contributed by atoms with Crippen molar-refractivity contribution >= 4 is 11.6 Å². The van der Waals surface area contributed by atoms with Crippen LogP contribution < -0.4 is 14.8 Å². The van der Waals surface area contributed by atoms with Crippen molar-refractivity contribution in [2.45, 2.75) is 25.9 Å². The van der Waals surface area contributed by atoms with Crippen LogP contribution >= 0.6 is 0 Å².